The van der Waals surface area contributed by atoms with E-state index in [0.717, 1.165) is 16.7 Å². The van der Waals surface area contributed by atoms with E-state index in [1.165, 1.54) is 6.08 Å². The molecule has 0 heterocycles. The molecular formula is C25H23NO3. The fraction of sp³-hybridized carbons (Fsp3) is 0.120. The van der Waals surface area contributed by atoms with Crippen molar-refractivity contribution in [3.63, 3.8) is 0 Å². The molecule has 3 aromatic rings. The number of aliphatic carboxylic acids is 1. The summed E-state index contributed by atoms with van der Waals surface area (Å²) in [7, 11) is 0. The van der Waals surface area contributed by atoms with Gasteiger partial charge in [0.1, 0.15) is 11.5 Å². The van der Waals surface area contributed by atoms with Gasteiger partial charge < -0.3 is 10.4 Å². The molecule has 0 aliphatic heterocycles. The summed E-state index contributed by atoms with van der Waals surface area (Å²) in [5.41, 5.74) is 1.09. The molecule has 146 valence electrons. The van der Waals surface area contributed by atoms with Crippen molar-refractivity contribution < 1.29 is 14.7 Å². The standard InChI is InChI=1S/C25H23NO3/c1-2-12-22(23(27)28)26-24(29)25(19-13-6-3-7-14-19,20-15-8-4-9-16-20)21-17-10-5-11-18-21/h2-11,13-18,22H,1,12H2,(H,26,29)(H,27,28)/t22-/m0/s1. The number of hydrogen-bond donors (Lipinski definition) is 2. The molecule has 1 atom stereocenters. The quantitative estimate of drug-likeness (QED) is 0.452. The van der Waals surface area contributed by atoms with Crippen LogP contribution in [0.4, 0.5) is 0 Å². The Kier molecular flexibility index (Phi) is 6.25. The fourth-order valence-electron chi connectivity index (χ4n) is 3.61. The number of amides is 1. The zero-order valence-electron chi connectivity index (χ0n) is 16.0. The molecule has 0 aromatic heterocycles. The number of carboxylic acids is 1. The first kappa shape index (κ1) is 20.1. The van der Waals surface area contributed by atoms with Gasteiger partial charge >= 0.3 is 5.97 Å². The Bertz CT molecular complexity index is 872. The van der Waals surface area contributed by atoms with E-state index in [2.05, 4.69) is 11.9 Å². The van der Waals surface area contributed by atoms with E-state index < -0.39 is 23.3 Å². The number of carbonyl (C=O) groups excluding carboxylic acids is 1. The van der Waals surface area contributed by atoms with Crippen molar-refractivity contribution in [1.82, 2.24) is 5.32 Å². The SMILES string of the molecule is C=CC[C@H](NC(=O)C(c1ccccc1)(c1ccccc1)c1ccccc1)C(=O)O. The molecule has 1 amide bonds. The fourth-order valence-corrected chi connectivity index (χ4v) is 3.61. The van der Waals surface area contributed by atoms with Crippen LogP contribution in [0, 0.1) is 0 Å². The van der Waals surface area contributed by atoms with Crippen molar-refractivity contribution in [2.24, 2.45) is 0 Å². The lowest BCUT2D eigenvalue weighted by molar-refractivity contribution is -0.142. The average Bonchev–Trinajstić information content (AvgIpc) is 2.76. The number of rotatable bonds is 8. The molecular weight excluding hydrogens is 362 g/mol. The molecule has 0 unspecified atom stereocenters. The van der Waals surface area contributed by atoms with Gasteiger partial charge in [-0.05, 0) is 23.1 Å². The maximum Gasteiger partial charge on any atom is 0.326 e. The van der Waals surface area contributed by atoms with Gasteiger partial charge in [-0.15, -0.1) is 6.58 Å². The second-order valence-corrected chi connectivity index (χ2v) is 6.74. The summed E-state index contributed by atoms with van der Waals surface area (Å²) in [5, 5.41) is 12.3. The van der Waals surface area contributed by atoms with Gasteiger partial charge in [-0.1, -0.05) is 97.1 Å². The minimum atomic E-state index is -1.20. The summed E-state index contributed by atoms with van der Waals surface area (Å²) in [6, 6.07) is 27.2. The Morgan fingerprint density at radius 3 is 1.52 bits per heavy atom. The van der Waals surface area contributed by atoms with Crippen molar-refractivity contribution in [2.75, 3.05) is 0 Å². The lowest BCUT2D eigenvalue weighted by atomic mass is 9.68. The van der Waals surface area contributed by atoms with Crippen LogP contribution in [0.25, 0.3) is 0 Å². The maximum absolute atomic E-state index is 13.8. The molecule has 0 radical (unpaired) electrons. The molecule has 29 heavy (non-hydrogen) atoms. The van der Waals surface area contributed by atoms with Crippen LogP contribution in [0.15, 0.2) is 104 Å². The summed E-state index contributed by atoms with van der Waals surface area (Å²) in [4.78, 5) is 25.5. The molecule has 3 aromatic carbocycles. The van der Waals surface area contributed by atoms with Crippen LogP contribution in [0.3, 0.4) is 0 Å². The highest BCUT2D eigenvalue weighted by atomic mass is 16.4. The number of benzene rings is 3. The summed E-state index contributed by atoms with van der Waals surface area (Å²) in [5.74, 6) is -1.49. The highest BCUT2D eigenvalue weighted by Crippen LogP contribution is 2.39. The molecule has 4 heteroatoms. The Morgan fingerprint density at radius 2 is 1.21 bits per heavy atom. The predicted molar refractivity (Wildman–Crippen MR) is 114 cm³/mol. The highest BCUT2D eigenvalue weighted by molar-refractivity contribution is 5.98. The van der Waals surface area contributed by atoms with Crippen molar-refractivity contribution >= 4 is 11.9 Å². The Labute approximate surface area is 170 Å². The van der Waals surface area contributed by atoms with Gasteiger partial charge in [-0.2, -0.15) is 0 Å². The van der Waals surface area contributed by atoms with E-state index in [4.69, 9.17) is 0 Å². The van der Waals surface area contributed by atoms with Crippen LogP contribution in [-0.4, -0.2) is 23.0 Å². The van der Waals surface area contributed by atoms with Gasteiger partial charge in [-0.25, -0.2) is 4.79 Å². The first-order valence-electron chi connectivity index (χ1n) is 9.42. The van der Waals surface area contributed by atoms with Crippen LogP contribution < -0.4 is 5.32 Å². The van der Waals surface area contributed by atoms with Crippen LogP contribution in [-0.2, 0) is 15.0 Å². The van der Waals surface area contributed by atoms with Crippen LogP contribution in [0.5, 0.6) is 0 Å². The molecule has 0 fully saturated rings. The van der Waals surface area contributed by atoms with Gasteiger partial charge in [0, 0.05) is 0 Å². The first-order chi connectivity index (χ1) is 14.1. The number of hydrogen-bond acceptors (Lipinski definition) is 2. The van der Waals surface area contributed by atoms with Crippen LogP contribution >= 0.6 is 0 Å². The maximum atomic E-state index is 13.8. The predicted octanol–water partition coefficient (Wildman–Crippen LogP) is 4.17. The molecule has 0 saturated heterocycles. The van der Waals surface area contributed by atoms with Crippen molar-refractivity contribution in [3.05, 3.63) is 120 Å². The third-order valence-corrected chi connectivity index (χ3v) is 4.97. The molecule has 0 saturated carbocycles. The zero-order valence-corrected chi connectivity index (χ0v) is 16.0. The van der Waals surface area contributed by atoms with Crippen LogP contribution in [0.1, 0.15) is 23.1 Å². The molecule has 2 N–H and O–H groups in total. The summed E-state index contributed by atoms with van der Waals surface area (Å²) in [6.45, 7) is 3.61. The summed E-state index contributed by atoms with van der Waals surface area (Å²) >= 11 is 0. The summed E-state index contributed by atoms with van der Waals surface area (Å²) < 4.78 is 0. The minimum absolute atomic E-state index is 0.134. The molecule has 0 spiro atoms. The molecule has 4 nitrogen and oxygen atoms in total. The second-order valence-electron chi connectivity index (χ2n) is 6.74. The molecule has 0 aliphatic rings. The lowest BCUT2D eigenvalue weighted by Crippen LogP contribution is -2.51. The average molecular weight is 385 g/mol. The Balaban J connectivity index is 2.26. The largest absolute Gasteiger partial charge is 0.480 e. The lowest BCUT2D eigenvalue weighted by Gasteiger charge is -2.35. The van der Waals surface area contributed by atoms with E-state index in [0.29, 0.717) is 0 Å². The van der Waals surface area contributed by atoms with E-state index in [-0.39, 0.29) is 6.42 Å². The zero-order chi connectivity index (χ0) is 20.7. The van der Waals surface area contributed by atoms with Crippen molar-refractivity contribution in [3.8, 4) is 0 Å². The van der Waals surface area contributed by atoms with Gasteiger partial charge in [0.05, 0.1) is 0 Å². The number of nitrogens with one attached hydrogen (secondary N) is 1. The third-order valence-electron chi connectivity index (χ3n) is 4.97. The minimum Gasteiger partial charge on any atom is -0.480 e. The van der Waals surface area contributed by atoms with Crippen molar-refractivity contribution in [1.29, 1.82) is 0 Å². The monoisotopic (exact) mass is 385 g/mol. The van der Waals surface area contributed by atoms with E-state index in [9.17, 15) is 14.7 Å². The molecule has 0 aliphatic carbocycles. The van der Waals surface area contributed by atoms with Gasteiger partial charge in [0.15, 0.2) is 0 Å². The van der Waals surface area contributed by atoms with Gasteiger partial charge in [-0.3, -0.25) is 4.79 Å². The summed E-state index contributed by atoms with van der Waals surface area (Å²) in [6.07, 6.45) is 1.63. The molecule has 0 bridgehead atoms. The van der Waals surface area contributed by atoms with Gasteiger partial charge in [0.25, 0.3) is 0 Å². The normalized spacial score (nSPS) is 12.0. The van der Waals surface area contributed by atoms with Crippen LogP contribution in [0.2, 0.25) is 0 Å². The number of carboxylic acid groups (broad SMARTS) is 1. The Morgan fingerprint density at radius 1 is 0.828 bits per heavy atom. The van der Waals surface area contributed by atoms with Crippen molar-refractivity contribution in [2.45, 2.75) is 17.9 Å². The molecule has 3 rings (SSSR count). The van der Waals surface area contributed by atoms with E-state index >= 15 is 0 Å². The number of carbonyl (C=O) groups is 2. The third kappa shape index (κ3) is 3.97. The Hall–Kier alpha value is -3.66. The van der Waals surface area contributed by atoms with E-state index in [1.807, 2.05) is 91.0 Å². The van der Waals surface area contributed by atoms with E-state index in [1.54, 1.807) is 0 Å². The topological polar surface area (TPSA) is 66.4 Å². The second kappa shape index (κ2) is 9.02. The van der Waals surface area contributed by atoms with Gasteiger partial charge in [0.2, 0.25) is 5.91 Å². The highest BCUT2D eigenvalue weighted by Gasteiger charge is 2.44. The smallest absolute Gasteiger partial charge is 0.326 e. The first-order valence-corrected chi connectivity index (χ1v) is 9.42.